The average Bonchev–Trinajstić information content (AvgIpc) is 3.00. The van der Waals surface area contributed by atoms with Crippen LogP contribution in [0.15, 0.2) is 16.9 Å². The predicted molar refractivity (Wildman–Crippen MR) is 85.4 cm³/mol. The topological polar surface area (TPSA) is 75.4 Å². The molecule has 0 saturated carbocycles. The highest BCUT2D eigenvalue weighted by Gasteiger charge is 2.17. The van der Waals surface area contributed by atoms with Crippen molar-refractivity contribution in [2.45, 2.75) is 58.8 Å². The van der Waals surface area contributed by atoms with Crippen molar-refractivity contribution in [2.75, 3.05) is 18.4 Å². The van der Waals surface area contributed by atoms with Gasteiger partial charge in [-0.05, 0) is 12.8 Å². The number of amides is 2. The van der Waals surface area contributed by atoms with Gasteiger partial charge in [0.1, 0.15) is 6.26 Å². The monoisotopic (exact) mass is 309 g/mol. The molecule has 1 rings (SSSR count). The van der Waals surface area contributed by atoms with Gasteiger partial charge in [0.05, 0.1) is 6.54 Å². The number of carbonyl (C=O) groups is 2. The Bertz CT molecular complexity index is 432. The van der Waals surface area contributed by atoms with Crippen molar-refractivity contribution in [1.29, 1.82) is 0 Å². The predicted octanol–water partition coefficient (Wildman–Crippen LogP) is 3.21. The molecule has 0 aliphatic heterocycles. The minimum atomic E-state index is -0.241. The maximum Gasteiger partial charge on any atom is 0.245 e. The first-order chi connectivity index (χ1) is 10.7. The van der Waals surface area contributed by atoms with E-state index in [1.807, 2.05) is 0 Å². The van der Waals surface area contributed by atoms with E-state index in [0.717, 1.165) is 38.5 Å². The van der Waals surface area contributed by atoms with Gasteiger partial charge in [0.25, 0.3) is 0 Å². The lowest BCUT2D eigenvalue weighted by Gasteiger charge is -2.22. The van der Waals surface area contributed by atoms with Crippen molar-refractivity contribution in [3.63, 3.8) is 0 Å². The number of rotatable bonds is 11. The van der Waals surface area contributed by atoms with Gasteiger partial charge in [-0.25, -0.2) is 0 Å². The van der Waals surface area contributed by atoms with Crippen LogP contribution in [0.2, 0.25) is 0 Å². The lowest BCUT2D eigenvalue weighted by molar-refractivity contribution is -0.134. The van der Waals surface area contributed by atoms with Gasteiger partial charge in [0.2, 0.25) is 11.8 Å². The van der Waals surface area contributed by atoms with E-state index in [-0.39, 0.29) is 18.4 Å². The fraction of sp³-hybridized carbons (Fsp3) is 0.688. The zero-order valence-electron chi connectivity index (χ0n) is 13.6. The summed E-state index contributed by atoms with van der Waals surface area (Å²) in [5.41, 5.74) is 0. The normalized spacial score (nSPS) is 10.5. The Morgan fingerprint density at radius 1 is 1.18 bits per heavy atom. The number of hydrogen-bond donors (Lipinski definition) is 1. The van der Waals surface area contributed by atoms with Crippen LogP contribution in [-0.4, -0.2) is 35.0 Å². The molecule has 1 aromatic heterocycles. The van der Waals surface area contributed by atoms with Crippen LogP contribution in [0.5, 0.6) is 0 Å². The molecule has 1 heterocycles. The molecule has 2 amide bonds. The van der Waals surface area contributed by atoms with E-state index in [9.17, 15) is 9.59 Å². The quantitative estimate of drug-likeness (QED) is 0.637. The van der Waals surface area contributed by atoms with Crippen LogP contribution in [0.25, 0.3) is 0 Å². The minimum Gasteiger partial charge on any atom is -0.363 e. The van der Waals surface area contributed by atoms with Crippen molar-refractivity contribution >= 4 is 17.6 Å². The molecule has 0 fully saturated rings. The van der Waals surface area contributed by atoms with Crippen LogP contribution >= 0.6 is 0 Å². The summed E-state index contributed by atoms with van der Waals surface area (Å²) in [6.07, 6.45) is 8.04. The molecule has 124 valence electrons. The average molecular weight is 309 g/mol. The van der Waals surface area contributed by atoms with Crippen LogP contribution in [-0.2, 0) is 9.59 Å². The zero-order valence-corrected chi connectivity index (χ0v) is 13.6. The van der Waals surface area contributed by atoms with E-state index in [0.29, 0.717) is 18.8 Å². The second-order valence-corrected chi connectivity index (χ2v) is 5.41. The third kappa shape index (κ3) is 7.24. The van der Waals surface area contributed by atoms with Crippen molar-refractivity contribution in [3.05, 3.63) is 12.3 Å². The molecule has 6 nitrogen and oxygen atoms in total. The van der Waals surface area contributed by atoms with E-state index < -0.39 is 0 Å². The third-order valence-electron chi connectivity index (χ3n) is 3.42. The van der Waals surface area contributed by atoms with Gasteiger partial charge in [-0.1, -0.05) is 44.7 Å². The zero-order chi connectivity index (χ0) is 16.2. The standard InChI is InChI=1S/C16H27N3O3/c1-3-5-7-8-11-19(16(21)9-6-4-2)13-15(20)17-14-10-12-22-18-14/h10,12H,3-9,11,13H2,1-2H3,(H,17,18,20). The summed E-state index contributed by atoms with van der Waals surface area (Å²) in [6, 6.07) is 1.57. The Kier molecular flexibility index (Phi) is 8.95. The maximum absolute atomic E-state index is 12.2. The Balaban J connectivity index is 2.47. The number of nitrogens with zero attached hydrogens (tertiary/aromatic N) is 2. The third-order valence-corrected chi connectivity index (χ3v) is 3.42. The summed E-state index contributed by atoms with van der Waals surface area (Å²) < 4.78 is 4.67. The SMILES string of the molecule is CCCCCCN(CC(=O)Nc1ccon1)C(=O)CCCC. The molecule has 0 aliphatic rings. The molecule has 0 saturated heterocycles. The number of unbranched alkanes of at least 4 members (excludes halogenated alkanes) is 4. The van der Waals surface area contributed by atoms with Crippen molar-refractivity contribution < 1.29 is 14.1 Å². The summed E-state index contributed by atoms with van der Waals surface area (Å²) in [7, 11) is 0. The Morgan fingerprint density at radius 2 is 1.95 bits per heavy atom. The summed E-state index contributed by atoms with van der Waals surface area (Å²) in [6.45, 7) is 4.90. The van der Waals surface area contributed by atoms with E-state index in [1.54, 1.807) is 11.0 Å². The first-order valence-corrected chi connectivity index (χ1v) is 8.15. The molecule has 0 spiro atoms. The summed E-state index contributed by atoms with van der Waals surface area (Å²) in [5, 5.41) is 6.26. The highest BCUT2D eigenvalue weighted by molar-refractivity contribution is 5.93. The highest BCUT2D eigenvalue weighted by atomic mass is 16.5. The van der Waals surface area contributed by atoms with Crippen LogP contribution in [0.4, 0.5) is 5.82 Å². The number of nitrogens with one attached hydrogen (secondary N) is 1. The molecular weight excluding hydrogens is 282 g/mol. The molecule has 0 aromatic carbocycles. The minimum absolute atomic E-state index is 0.0497. The molecule has 0 aliphatic carbocycles. The van der Waals surface area contributed by atoms with Crippen LogP contribution in [0.3, 0.4) is 0 Å². The second kappa shape index (κ2) is 10.8. The lowest BCUT2D eigenvalue weighted by Crippen LogP contribution is -2.38. The van der Waals surface area contributed by atoms with E-state index in [2.05, 4.69) is 28.8 Å². The van der Waals surface area contributed by atoms with E-state index in [4.69, 9.17) is 0 Å². The summed E-state index contributed by atoms with van der Waals surface area (Å²) in [4.78, 5) is 25.9. The Hall–Kier alpha value is -1.85. The Labute approximate surface area is 132 Å². The van der Waals surface area contributed by atoms with E-state index in [1.165, 1.54) is 6.26 Å². The molecule has 1 aromatic rings. The lowest BCUT2D eigenvalue weighted by atomic mass is 10.2. The summed E-state index contributed by atoms with van der Waals surface area (Å²) >= 11 is 0. The molecular formula is C16H27N3O3. The fourth-order valence-electron chi connectivity index (χ4n) is 2.14. The van der Waals surface area contributed by atoms with Crippen LogP contribution in [0.1, 0.15) is 58.8 Å². The molecule has 0 atom stereocenters. The van der Waals surface area contributed by atoms with Gasteiger partial charge >= 0.3 is 0 Å². The van der Waals surface area contributed by atoms with E-state index >= 15 is 0 Å². The van der Waals surface area contributed by atoms with Gasteiger partial charge in [-0.3, -0.25) is 9.59 Å². The second-order valence-electron chi connectivity index (χ2n) is 5.41. The summed E-state index contributed by atoms with van der Waals surface area (Å²) in [5.74, 6) is 0.180. The smallest absolute Gasteiger partial charge is 0.245 e. The first kappa shape index (κ1) is 18.2. The van der Waals surface area contributed by atoms with Gasteiger partial charge in [0.15, 0.2) is 5.82 Å². The molecule has 0 unspecified atom stereocenters. The fourth-order valence-corrected chi connectivity index (χ4v) is 2.14. The molecule has 22 heavy (non-hydrogen) atoms. The van der Waals surface area contributed by atoms with Gasteiger partial charge in [-0.15, -0.1) is 0 Å². The van der Waals surface area contributed by atoms with Crippen LogP contribution < -0.4 is 5.32 Å². The molecule has 0 radical (unpaired) electrons. The van der Waals surface area contributed by atoms with Crippen molar-refractivity contribution in [2.24, 2.45) is 0 Å². The highest BCUT2D eigenvalue weighted by Crippen LogP contribution is 2.07. The van der Waals surface area contributed by atoms with Crippen molar-refractivity contribution in [3.8, 4) is 0 Å². The van der Waals surface area contributed by atoms with Gasteiger partial charge in [-0.2, -0.15) is 0 Å². The van der Waals surface area contributed by atoms with Gasteiger partial charge in [0, 0.05) is 19.0 Å². The van der Waals surface area contributed by atoms with Gasteiger partial charge < -0.3 is 14.7 Å². The number of carbonyl (C=O) groups excluding carboxylic acids is 2. The number of anilines is 1. The Morgan fingerprint density at radius 3 is 2.59 bits per heavy atom. The van der Waals surface area contributed by atoms with Crippen LogP contribution in [0, 0.1) is 0 Å². The number of aromatic nitrogens is 1. The number of hydrogen-bond acceptors (Lipinski definition) is 4. The molecule has 0 bridgehead atoms. The first-order valence-electron chi connectivity index (χ1n) is 8.15. The van der Waals surface area contributed by atoms with Crippen molar-refractivity contribution in [1.82, 2.24) is 10.1 Å². The largest absolute Gasteiger partial charge is 0.363 e. The maximum atomic E-state index is 12.2. The molecule has 6 heteroatoms. The molecule has 1 N–H and O–H groups in total.